The van der Waals surface area contributed by atoms with Gasteiger partial charge < -0.3 is 14.8 Å². The topological polar surface area (TPSA) is 50.8 Å². The van der Waals surface area contributed by atoms with Crippen LogP contribution in [-0.2, 0) is 9.47 Å². The maximum atomic E-state index is 12.0. The molecular weight excluding hydrogens is 268 g/mol. The van der Waals surface area contributed by atoms with E-state index in [-0.39, 0.29) is 6.09 Å². The molecule has 2 heterocycles. The number of rotatable bonds is 1. The summed E-state index contributed by atoms with van der Waals surface area (Å²) < 4.78 is 11.0. The molecule has 3 rings (SSSR count). The Balaban J connectivity index is 1.83. The Bertz CT molecular complexity index is 487. The Morgan fingerprint density at radius 3 is 3.16 bits per heavy atom. The maximum Gasteiger partial charge on any atom is 0.415 e. The van der Waals surface area contributed by atoms with Crippen molar-refractivity contribution in [1.82, 2.24) is 5.32 Å². The molecule has 1 spiro atoms. The van der Waals surface area contributed by atoms with Gasteiger partial charge in [-0.25, -0.2) is 4.79 Å². The fraction of sp³-hybridized carbons (Fsp3) is 0.462. The molecule has 19 heavy (non-hydrogen) atoms. The van der Waals surface area contributed by atoms with Gasteiger partial charge in [-0.1, -0.05) is 17.7 Å². The predicted molar refractivity (Wildman–Crippen MR) is 71.7 cm³/mol. The summed E-state index contributed by atoms with van der Waals surface area (Å²) >= 11 is 5.96. The van der Waals surface area contributed by atoms with E-state index in [9.17, 15) is 4.79 Å². The Kier molecular flexibility index (Phi) is 3.35. The smallest absolute Gasteiger partial charge is 0.415 e. The second kappa shape index (κ2) is 5.00. The molecule has 0 aromatic heterocycles. The molecule has 0 radical (unpaired) electrons. The first-order valence-electron chi connectivity index (χ1n) is 6.23. The molecule has 2 aliphatic rings. The van der Waals surface area contributed by atoms with E-state index in [1.165, 1.54) is 0 Å². The highest BCUT2D eigenvalue weighted by Crippen LogP contribution is 2.30. The third-order valence-corrected chi connectivity index (χ3v) is 3.56. The van der Waals surface area contributed by atoms with Crippen LogP contribution in [-0.4, -0.2) is 44.5 Å². The minimum absolute atomic E-state index is 0.352. The van der Waals surface area contributed by atoms with Crippen LogP contribution in [0.25, 0.3) is 0 Å². The van der Waals surface area contributed by atoms with Crippen molar-refractivity contribution in [3.63, 3.8) is 0 Å². The van der Waals surface area contributed by atoms with E-state index in [0.717, 1.165) is 12.2 Å². The zero-order valence-corrected chi connectivity index (χ0v) is 11.2. The SMILES string of the molecule is O=C1OC2(CNCCOC2)CN1c1cccc(Cl)c1. The van der Waals surface area contributed by atoms with Crippen LogP contribution in [0, 0.1) is 0 Å². The lowest BCUT2D eigenvalue weighted by Gasteiger charge is -2.24. The Hall–Kier alpha value is -1.30. The molecule has 102 valence electrons. The van der Waals surface area contributed by atoms with Crippen molar-refractivity contribution in [3.05, 3.63) is 29.3 Å². The molecule has 1 amide bonds. The minimum atomic E-state index is -0.601. The van der Waals surface area contributed by atoms with E-state index < -0.39 is 5.60 Å². The van der Waals surface area contributed by atoms with E-state index in [4.69, 9.17) is 21.1 Å². The summed E-state index contributed by atoms with van der Waals surface area (Å²) in [5.41, 5.74) is 0.147. The van der Waals surface area contributed by atoms with Gasteiger partial charge in [0.05, 0.1) is 19.8 Å². The van der Waals surface area contributed by atoms with Gasteiger partial charge in [-0.15, -0.1) is 0 Å². The minimum Gasteiger partial charge on any atom is -0.437 e. The Morgan fingerprint density at radius 2 is 2.32 bits per heavy atom. The summed E-state index contributed by atoms with van der Waals surface area (Å²) in [5, 5.41) is 3.83. The van der Waals surface area contributed by atoms with Crippen molar-refractivity contribution < 1.29 is 14.3 Å². The molecule has 0 bridgehead atoms. The van der Waals surface area contributed by atoms with Gasteiger partial charge in [0, 0.05) is 23.8 Å². The lowest BCUT2D eigenvalue weighted by molar-refractivity contribution is -0.00744. The number of ether oxygens (including phenoxy) is 2. The number of amides is 1. The molecule has 2 fully saturated rings. The molecule has 0 saturated carbocycles. The second-order valence-corrected chi connectivity index (χ2v) is 5.28. The van der Waals surface area contributed by atoms with Crippen molar-refractivity contribution in [2.45, 2.75) is 5.60 Å². The largest absolute Gasteiger partial charge is 0.437 e. The summed E-state index contributed by atoms with van der Waals surface area (Å²) in [4.78, 5) is 13.6. The van der Waals surface area contributed by atoms with E-state index in [1.54, 1.807) is 17.0 Å². The van der Waals surface area contributed by atoms with Crippen LogP contribution in [0.5, 0.6) is 0 Å². The predicted octanol–water partition coefficient (Wildman–Crippen LogP) is 1.66. The number of nitrogens with one attached hydrogen (secondary N) is 1. The van der Waals surface area contributed by atoms with E-state index in [0.29, 0.717) is 31.3 Å². The van der Waals surface area contributed by atoms with Crippen molar-refractivity contribution in [3.8, 4) is 0 Å². The highest BCUT2D eigenvalue weighted by Gasteiger charge is 2.46. The molecule has 5 nitrogen and oxygen atoms in total. The molecule has 2 aliphatic heterocycles. The molecule has 0 aliphatic carbocycles. The quantitative estimate of drug-likeness (QED) is 0.851. The van der Waals surface area contributed by atoms with Crippen molar-refractivity contribution >= 4 is 23.4 Å². The number of halogens is 1. The van der Waals surface area contributed by atoms with Gasteiger partial charge in [0.2, 0.25) is 0 Å². The Labute approximate surface area is 116 Å². The lowest BCUT2D eigenvalue weighted by Crippen LogP contribution is -2.46. The van der Waals surface area contributed by atoms with E-state index >= 15 is 0 Å². The number of hydrogen-bond acceptors (Lipinski definition) is 4. The monoisotopic (exact) mass is 282 g/mol. The number of carbonyl (C=O) groups is 1. The average molecular weight is 283 g/mol. The van der Waals surface area contributed by atoms with Gasteiger partial charge in [0.1, 0.15) is 0 Å². The summed E-state index contributed by atoms with van der Waals surface area (Å²) in [6.45, 7) is 2.91. The third kappa shape index (κ3) is 2.54. The molecule has 1 aromatic rings. The van der Waals surface area contributed by atoms with Crippen LogP contribution in [0.4, 0.5) is 10.5 Å². The summed E-state index contributed by atoms with van der Waals surface area (Å²) in [6, 6.07) is 7.19. The van der Waals surface area contributed by atoms with Crippen molar-refractivity contribution in [2.24, 2.45) is 0 Å². The number of carbonyl (C=O) groups excluding carboxylic acids is 1. The molecule has 1 aromatic carbocycles. The van der Waals surface area contributed by atoms with Gasteiger partial charge in [0.15, 0.2) is 5.60 Å². The first kappa shape index (κ1) is 12.7. The number of anilines is 1. The lowest BCUT2D eigenvalue weighted by atomic mass is 10.1. The fourth-order valence-electron chi connectivity index (χ4n) is 2.40. The van der Waals surface area contributed by atoms with Crippen LogP contribution in [0.15, 0.2) is 24.3 Å². The third-order valence-electron chi connectivity index (χ3n) is 3.33. The second-order valence-electron chi connectivity index (χ2n) is 4.85. The maximum absolute atomic E-state index is 12.0. The average Bonchev–Trinajstić information content (AvgIpc) is 2.57. The van der Waals surface area contributed by atoms with E-state index in [2.05, 4.69) is 5.32 Å². The normalized spacial score (nSPS) is 27.4. The van der Waals surface area contributed by atoms with Crippen molar-refractivity contribution in [2.75, 3.05) is 37.7 Å². The number of nitrogens with zero attached hydrogens (tertiary/aromatic N) is 1. The summed E-state index contributed by atoms with van der Waals surface area (Å²) in [5.74, 6) is 0. The van der Waals surface area contributed by atoms with E-state index in [1.807, 2.05) is 12.1 Å². The fourth-order valence-corrected chi connectivity index (χ4v) is 2.59. The number of hydrogen-bond donors (Lipinski definition) is 1. The highest BCUT2D eigenvalue weighted by molar-refractivity contribution is 6.30. The van der Waals surface area contributed by atoms with Gasteiger partial charge in [-0.2, -0.15) is 0 Å². The summed E-state index contributed by atoms with van der Waals surface area (Å²) in [6.07, 6.45) is -0.352. The summed E-state index contributed by atoms with van der Waals surface area (Å²) in [7, 11) is 0. The molecule has 6 heteroatoms. The van der Waals surface area contributed by atoms with Gasteiger partial charge in [0.25, 0.3) is 0 Å². The van der Waals surface area contributed by atoms with Crippen molar-refractivity contribution in [1.29, 1.82) is 0 Å². The standard InChI is InChI=1S/C13H15ClN2O3/c14-10-2-1-3-11(6-10)16-8-13(19-12(16)17)7-15-4-5-18-9-13/h1-3,6,15H,4-5,7-9H2. The Morgan fingerprint density at radius 1 is 1.42 bits per heavy atom. The zero-order chi connectivity index (χ0) is 13.3. The van der Waals surface area contributed by atoms with Crippen LogP contribution in [0.1, 0.15) is 0 Å². The first-order valence-corrected chi connectivity index (χ1v) is 6.61. The van der Waals surface area contributed by atoms with Crippen LogP contribution in [0.3, 0.4) is 0 Å². The van der Waals surface area contributed by atoms with Gasteiger partial charge in [-0.05, 0) is 18.2 Å². The number of benzene rings is 1. The molecular formula is C13H15ClN2O3. The molecule has 1 N–H and O–H groups in total. The highest BCUT2D eigenvalue weighted by atomic mass is 35.5. The zero-order valence-electron chi connectivity index (χ0n) is 10.4. The molecule has 2 saturated heterocycles. The van der Waals surface area contributed by atoms with Gasteiger partial charge in [-0.3, -0.25) is 4.90 Å². The molecule has 1 atom stereocenters. The molecule has 1 unspecified atom stereocenters. The van der Waals surface area contributed by atoms with Gasteiger partial charge >= 0.3 is 6.09 Å². The van der Waals surface area contributed by atoms with Crippen LogP contribution in [0.2, 0.25) is 5.02 Å². The first-order chi connectivity index (χ1) is 9.19. The van der Waals surface area contributed by atoms with Crippen LogP contribution < -0.4 is 10.2 Å². The van der Waals surface area contributed by atoms with Crippen LogP contribution >= 0.6 is 11.6 Å².